The van der Waals surface area contributed by atoms with Crippen LogP contribution in [0.2, 0.25) is 0 Å². The number of hydrogen-bond acceptors (Lipinski definition) is 4. The lowest BCUT2D eigenvalue weighted by Crippen LogP contribution is -2.37. The molecule has 0 bridgehead atoms. The molecule has 0 radical (unpaired) electrons. The topological polar surface area (TPSA) is 62.0 Å². The third-order valence-electron chi connectivity index (χ3n) is 5.03. The summed E-state index contributed by atoms with van der Waals surface area (Å²) in [6, 6.07) is 17.2. The number of nitriles is 1. The van der Waals surface area contributed by atoms with Crippen LogP contribution in [0.1, 0.15) is 46.6 Å². The zero-order valence-corrected chi connectivity index (χ0v) is 18.6. The quantitative estimate of drug-likeness (QED) is 0.446. The van der Waals surface area contributed by atoms with Crippen molar-refractivity contribution in [1.29, 1.82) is 5.26 Å². The predicted molar refractivity (Wildman–Crippen MR) is 125 cm³/mol. The van der Waals surface area contributed by atoms with Crippen LogP contribution in [0.25, 0.3) is 22.2 Å². The van der Waals surface area contributed by atoms with Crippen molar-refractivity contribution in [2.75, 3.05) is 11.9 Å². The second-order valence-corrected chi connectivity index (χ2v) is 7.86. The largest absolute Gasteiger partial charge is 0.494 e. The Balaban J connectivity index is 2.04. The first-order chi connectivity index (χ1) is 14.5. The molecule has 2 N–H and O–H groups in total. The molecule has 5 heteroatoms. The van der Waals surface area contributed by atoms with Crippen LogP contribution in [-0.4, -0.2) is 23.4 Å². The number of anilines is 1. The zero-order valence-electron chi connectivity index (χ0n) is 18.6. The van der Waals surface area contributed by atoms with E-state index in [9.17, 15) is 5.26 Å². The minimum atomic E-state index is 0.175. The van der Waals surface area contributed by atoms with Gasteiger partial charge in [0.05, 0.1) is 29.5 Å². The van der Waals surface area contributed by atoms with Gasteiger partial charge in [0.15, 0.2) is 0 Å². The molecule has 0 fully saturated rings. The molecule has 0 amide bonds. The van der Waals surface area contributed by atoms with Crippen molar-refractivity contribution in [3.05, 3.63) is 48.0 Å². The van der Waals surface area contributed by atoms with Gasteiger partial charge in [0.1, 0.15) is 11.8 Å². The highest BCUT2D eigenvalue weighted by Crippen LogP contribution is 2.36. The Bertz CT molecular complexity index is 1030. The molecule has 3 rings (SSSR count). The highest BCUT2D eigenvalue weighted by atomic mass is 16.5. The molecule has 1 aromatic heterocycles. The molecule has 0 saturated heterocycles. The monoisotopic (exact) mass is 404 g/mol. The van der Waals surface area contributed by atoms with Gasteiger partial charge >= 0.3 is 0 Å². The van der Waals surface area contributed by atoms with Gasteiger partial charge in [0.25, 0.3) is 0 Å². The van der Waals surface area contributed by atoms with Gasteiger partial charge in [-0.15, -0.1) is 0 Å². The molecule has 0 saturated carbocycles. The third-order valence-corrected chi connectivity index (χ3v) is 5.03. The summed E-state index contributed by atoms with van der Waals surface area (Å²) in [5.74, 6) is 0.835. The molecule has 1 unspecified atom stereocenters. The van der Waals surface area contributed by atoms with E-state index in [2.05, 4.69) is 73.2 Å². The second-order valence-electron chi connectivity index (χ2n) is 7.86. The van der Waals surface area contributed by atoms with E-state index in [0.717, 1.165) is 52.1 Å². The van der Waals surface area contributed by atoms with E-state index in [0.29, 0.717) is 12.6 Å². The molecule has 0 aliphatic heterocycles. The summed E-state index contributed by atoms with van der Waals surface area (Å²) in [4.78, 5) is 0. The molecular formula is C25H32N4O. The minimum Gasteiger partial charge on any atom is -0.494 e. The maximum atomic E-state index is 9.97. The molecule has 30 heavy (non-hydrogen) atoms. The Morgan fingerprint density at radius 3 is 2.40 bits per heavy atom. The number of fused-ring (bicyclic) bond motifs is 1. The number of benzene rings is 2. The molecule has 1 atom stereocenters. The zero-order chi connectivity index (χ0) is 21.7. The smallest absolute Gasteiger partial charge is 0.121 e. The number of hydrogen-bond donors (Lipinski definition) is 2. The van der Waals surface area contributed by atoms with E-state index in [-0.39, 0.29) is 6.17 Å². The SMILES string of the molecule is CCCn1c(-c2ccc(NC(C)NC(C)C)cc2)c(C#N)c2ccc(OCC)cc21. The molecule has 0 aliphatic carbocycles. The van der Waals surface area contributed by atoms with Crippen molar-refractivity contribution in [1.82, 2.24) is 9.88 Å². The summed E-state index contributed by atoms with van der Waals surface area (Å²) >= 11 is 0. The molecule has 158 valence electrons. The fourth-order valence-corrected chi connectivity index (χ4v) is 3.97. The first-order valence-corrected chi connectivity index (χ1v) is 10.8. The predicted octanol–water partition coefficient (Wildman–Crippen LogP) is 5.74. The number of aryl methyl sites for hydroxylation is 1. The van der Waals surface area contributed by atoms with Gasteiger partial charge in [0.2, 0.25) is 0 Å². The summed E-state index contributed by atoms with van der Waals surface area (Å²) < 4.78 is 7.96. The van der Waals surface area contributed by atoms with E-state index in [4.69, 9.17) is 4.74 Å². The van der Waals surface area contributed by atoms with Gasteiger partial charge in [-0.05, 0) is 63.9 Å². The lowest BCUT2D eigenvalue weighted by atomic mass is 10.1. The van der Waals surface area contributed by atoms with Crippen LogP contribution in [0.5, 0.6) is 5.75 Å². The van der Waals surface area contributed by atoms with Crippen LogP contribution in [0.15, 0.2) is 42.5 Å². The van der Waals surface area contributed by atoms with Crippen LogP contribution in [-0.2, 0) is 6.54 Å². The van der Waals surface area contributed by atoms with Gasteiger partial charge in [0, 0.05) is 29.7 Å². The van der Waals surface area contributed by atoms with Gasteiger partial charge in [-0.2, -0.15) is 5.26 Å². The molecule has 1 heterocycles. The van der Waals surface area contributed by atoms with E-state index in [1.54, 1.807) is 0 Å². The maximum absolute atomic E-state index is 9.97. The average molecular weight is 405 g/mol. The van der Waals surface area contributed by atoms with E-state index < -0.39 is 0 Å². The van der Waals surface area contributed by atoms with Gasteiger partial charge in [-0.1, -0.05) is 19.1 Å². The number of aromatic nitrogens is 1. The lowest BCUT2D eigenvalue weighted by molar-refractivity contribution is 0.340. The van der Waals surface area contributed by atoms with Gasteiger partial charge in [-0.25, -0.2) is 0 Å². The highest BCUT2D eigenvalue weighted by molar-refractivity contribution is 5.95. The summed E-state index contributed by atoms with van der Waals surface area (Å²) in [7, 11) is 0. The van der Waals surface area contributed by atoms with E-state index in [1.807, 2.05) is 25.1 Å². The van der Waals surface area contributed by atoms with Crippen molar-refractivity contribution in [2.24, 2.45) is 0 Å². The van der Waals surface area contributed by atoms with Crippen molar-refractivity contribution in [2.45, 2.75) is 59.8 Å². The molecule has 0 aliphatic rings. The van der Waals surface area contributed by atoms with Crippen molar-refractivity contribution < 1.29 is 4.74 Å². The summed E-state index contributed by atoms with van der Waals surface area (Å²) in [5, 5.41) is 17.9. The molecule has 2 aromatic carbocycles. The number of rotatable bonds is 9. The fourth-order valence-electron chi connectivity index (χ4n) is 3.97. The Morgan fingerprint density at radius 1 is 1.07 bits per heavy atom. The number of nitrogens with zero attached hydrogens (tertiary/aromatic N) is 2. The van der Waals surface area contributed by atoms with Gasteiger partial charge < -0.3 is 14.6 Å². The van der Waals surface area contributed by atoms with Crippen LogP contribution in [0.3, 0.4) is 0 Å². The molecule has 0 spiro atoms. The van der Waals surface area contributed by atoms with Crippen molar-refractivity contribution in [3.63, 3.8) is 0 Å². The van der Waals surface area contributed by atoms with E-state index >= 15 is 0 Å². The lowest BCUT2D eigenvalue weighted by Gasteiger charge is -2.19. The maximum Gasteiger partial charge on any atom is 0.121 e. The van der Waals surface area contributed by atoms with Crippen LogP contribution in [0.4, 0.5) is 5.69 Å². The fraction of sp³-hybridized carbons (Fsp3) is 0.400. The Labute approximate surface area is 179 Å². The van der Waals surface area contributed by atoms with Crippen molar-refractivity contribution in [3.8, 4) is 23.1 Å². The Kier molecular flexibility index (Phi) is 7.02. The summed E-state index contributed by atoms with van der Waals surface area (Å²) in [6.07, 6.45) is 1.16. The molecule has 5 nitrogen and oxygen atoms in total. The Morgan fingerprint density at radius 2 is 1.80 bits per heavy atom. The number of nitrogens with one attached hydrogen (secondary N) is 2. The van der Waals surface area contributed by atoms with Crippen LogP contribution < -0.4 is 15.4 Å². The summed E-state index contributed by atoms with van der Waals surface area (Å²) in [5.41, 5.74) is 4.84. The first-order valence-electron chi connectivity index (χ1n) is 10.8. The average Bonchev–Trinajstić information content (AvgIpc) is 3.01. The second kappa shape index (κ2) is 9.69. The van der Waals surface area contributed by atoms with Crippen LogP contribution >= 0.6 is 0 Å². The minimum absolute atomic E-state index is 0.175. The standard InChI is InChI=1S/C25H32N4O/c1-6-14-29-24-15-21(30-7-2)12-13-22(24)23(16-26)25(29)19-8-10-20(11-9-19)28-18(5)27-17(3)4/h8-13,15,17-18,27-28H,6-7,14H2,1-5H3. The Hall–Kier alpha value is -2.97. The van der Waals surface area contributed by atoms with E-state index in [1.165, 1.54) is 0 Å². The highest BCUT2D eigenvalue weighted by Gasteiger charge is 2.19. The van der Waals surface area contributed by atoms with Crippen molar-refractivity contribution >= 4 is 16.6 Å². The third kappa shape index (κ3) is 4.60. The number of ether oxygens (including phenoxy) is 1. The molecular weight excluding hydrogens is 372 g/mol. The summed E-state index contributed by atoms with van der Waals surface area (Å²) in [6.45, 7) is 12.0. The van der Waals surface area contributed by atoms with Crippen LogP contribution in [0, 0.1) is 11.3 Å². The van der Waals surface area contributed by atoms with Gasteiger partial charge in [-0.3, -0.25) is 5.32 Å². The molecule has 3 aromatic rings. The normalized spacial score (nSPS) is 12.2. The first kappa shape index (κ1) is 21.7.